The normalized spacial score (nSPS) is 20.1. The Balaban J connectivity index is 1.80. The van der Waals surface area contributed by atoms with E-state index in [1.807, 2.05) is 42.5 Å². The lowest BCUT2D eigenvalue weighted by Gasteiger charge is -2.31. The highest BCUT2D eigenvalue weighted by atomic mass is 35.5. The van der Waals surface area contributed by atoms with Crippen LogP contribution in [-0.2, 0) is 10.2 Å². The summed E-state index contributed by atoms with van der Waals surface area (Å²) >= 11 is 6.13. The molecule has 35 heavy (non-hydrogen) atoms. The summed E-state index contributed by atoms with van der Waals surface area (Å²) in [6, 6.07) is 17.6. The molecule has 0 bridgehead atoms. The summed E-state index contributed by atoms with van der Waals surface area (Å²) in [4.78, 5) is 5.95. The van der Waals surface area contributed by atoms with E-state index in [9.17, 15) is 8.42 Å². The molecule has 2 N–H and O–H groups in total. The highest BCUT2D eigenvalue weighted by molar-refractivity contribution is 7.87. The average molecular weight is 516 g/mol. The quantitative estimate of drug-likeness (QED) is 0.497. The van der Waals surface area contributed by atoms with E-state index in [-0.39, 0.29) is 17.8 Å². The van der Waals surface area contributed by atoms with Crippen LogP contribution in [0.5, 0.6) is 0 Å². The van der Waals surface area contributed by atoms with Gasteiger partial charge in [-0.3, -0.25) is 0 Å². The molecular formula is C24H30ClN7O2S. The van der Waals surface area contributed by atoms with Gasteiger partial charge in [-0.2, -0.15) is 22.8 Å². The summed E-state index contributed by atoms with van der Waals surface area (Å²) in [5.41, 5.74) is 8.87. The predicted molar refractivity (Wildman–Crippen MR) is 141 cm³/mol. The molecule has 0 spiro atoms. The summed E-state index contributed by atoms with van der Waals surface area (Å²) < 4.78 is 31.5. The molecule has 2 aliphatic heterocycles. The van der Waals surface area contributed by atoms with Crippen molar-refractivity contribution in [2.45, 2.75) is 25.2 Å². The second-order valence-electron chi connectivity index (χ2n) is 8.71. The molecule has 2 aromatic rings. The summed E-state index contributed by atoms with van der Waals surface area (Å²) in [5.74, 6) is 0.0927. The van der Waals surface area contributed by atoms with Crippen LogP contribution >= 0.6 is 11.6 Å². The Hall–Kier alpha value is -2.95. The van der Waals surface area contributed by atoms with Crippen molar-refractivity contribution in [1.82, 2.24) is 14.2 Å². The van der Waals surface area contributed by atoms with E-state index < -0.39 is 10.2 Å². The number of guanidine groups is 2. The van der Waals surface area contributed by atoms with Gasteiger partial charge in [0, 0.05) is 44.7 Å². The zero-order valence-corrected chi connectivity index (χ0v) is 21.5. The standard InChI is InChI=1S/C24H30ClN7O2S/c1-30(2)23(26)27-24(29-35(33,34)31-15-6-7-16-31)32-17-14-21(18-8-4-3-5-9-18)22(28-32)19-10-12-20(25)13-11-19/h3-5,8-13,21H,6-7,14-17H2,1-2H3,(H2,26,27,29). The minimum Gasteiger partial charge on any atom is -0.369 e. The van der Waals surface area contributed by atoms with Crippen LogP contribution in [0.2, 0.25) is 5.02 Å². The van der Waals surface area contributed by atoms with Gasteiger partial charge >= 0.3 is 10.2 Å². The highest BCUT2D eigenvalue weighted by Crippen LogP contribution is 2.30. The number of rotatable bonds is 4. The van der Waals surface area contributed by atoms with Crippen LogP contribution in [0, 0.1) is 0 Å². The molecule has 1 saturated heterocycles. The topological polar surface area (TPSA) is 107 Å². The second-order valence-corrected chi connectivity index (χ2v) is 10.7. The first kappa shape index (κ1) is 25.2. The minimum absolute atomic E-state index is 0.0141. The van der Waals surface area contributed by atoms with Gasteiger partial charge in [-0.15, -0.1) is 4.40 Å². The number of hydrazone groups is 1. The summed E-state index contributed by atoms with van der Waals surface area (Å²) in [5, 5.41) is 7.04. The van der Waals surface area contributed by atoms with E-state index in [0.29, 0.717) is 31.1 Å². The van der Waals surface area contributed by atoms with Gasteiger partial charge < -0.3 is 10.6 Å². The number of hydrogen-bond donors (Lipinski definition) is 1. The molecule has 2 aliphatic rings. The van der Waals surface area contributed by atoms with Crippen LogP contribution in [0.25, 0.3) is 0 Å². The third-order valence-electron chi connectivity index (χ3n) is 6.02. The number of nitrogens with two attached hydrogens (primary N) is 1. The third kappa shape index (κ3) is 6.01. The van der Waals surface area contributed by atoms with Crippen LogP contribution in [0.4, 0.5) is 0 Å². The van der Waals surface area contributed by atoms with E-state index in [1.165, 1.54) is 9.31 Å². The molecular weight excluding hydrogens is 486 g/mol. The van der Waals surface area contributed by atoms with Gasteiger partial charge in [0.2, 0.25) is 0 Å². The van der Waals surface area contributed by atoms with Crippen LogP contribution in [0.3, 0.4) is 0 Å². The van der Waals surface area contributed by atoms with Crippen LogP contribution in [-0.4, -0.2) is 74.0 Å². The second kappa shape index (κ2) is 10.8. The Kier molecular flexibility index (Phi) is 7.73. The van der Waals surface area contributed by atoms with Crippen molar-refractivity contribution in [2.24, 2.45) is 20.2 Å². The van der Waals surface area contributed by atoms with Gasteiger partial charge in [-0.05, 0) is 42.5 Å². The molecule has 9 nitrogen and oxygen atoms in total. The number of hydrogen-bond acceptors (Lipinski definition) is 3. The Morgan fingerprint density at radius 1 is 1.06 bits per heavy atom. The first-order valence-corrected chi connectivity index (χ1v) is 13.3. The SMILES string of the molecule is CN(C)/C(N)=N/C(=N\S(=O)(=O)N1CCCC1)N1CCC(c2ccccc2)C(c2ccc(Cl)cc2)=N1. The molecule has 2 heterocycles. The van der Waals surface area contributed by atoms with Gasteiger partial charge in [0.05, 0.1) is 5.71 Å². The number of benzene rings is 2. The predicted octanol–water partition coefficient (Wildman–Crippen LogP) is 3.11. The third-order valence-corrected chi connectivity index (χ3v) is 7.69. The Morgan fingerprint density at radius 2 is 1.71 bits per heavy atom. The molecule has 0 saturated carbocycles. The van der Waals surface area contributed by atoms with E-state index in [0.717, 1.165) is 29.7 Å². The van der Waals surface area contributed by atoms with Crippen molar-refractivity contribution in [3.8, 4) is 0 Å². The molecule has 1 fully saturated rings. The lowest BCUT2D eigenvalue weighted by atomic mass is 9.86. The fourth-order valence-electron chi connectivity index (χ4n) is 4.08. The van der Waals surface area contributed by atoms with E-state index in [2.05, 4.69) is 21.5 Å². The fourth-order valence-corrected chi connectivity index (χ4v) is 5.38. The van der Waals surface area contributed by atoms with E-state index in [1.54, 1.807) is 19.0 Å². The average Bonchev–Trinajstić information content (AvgIpc) is 3.40. The molecule has 0 radical (unpaired) electrons. The van der Waals surface area contributed by atoms with Crippen molar-refractivity contribution < 1.29 is 8.42 Å². The van der Waals surface area contributed by atoms with Gasteiger partial charge in [0.1, 0.15) is 0 Å². The Morgan fingerprint density at radius 3 is 2.34 bits per heavy atom. The van der Waals surface area contributed by atoms with E-state index >= 15 is 0 Å². The number of halogens is 1. The van der Waals surface area contributed by atoms with Gasteiger partial charge in [0.25, 0.3) is 5.96 Å². The van der Waals surface area contributed by atoms with Crippen LogP contribution in [0.15, 0.2) is 69.1 Å². The molecule has 1 atom stereocenters. The van der Waals surface area contributed by atoms with Crippen molar-refractivity contribution in [2.75, 3.05) is 33.7 Å². The summed E-state index contributed by atoms with van der Waals surface area (Å²) in [6.07, 6.45) is 2.31. The maximum absolute atomic E-state index is 13.0. The van der Waals surface area contributed by atoms with Crippen LogP contribution in [0.1, 0.15) is 36.3 Å². The molecule has 0 amide bonds. The Bertz CT molecular complexity index is 1220. The molecule has 2 aromatic carbocycles. The van der Waals surface area contributed by atoms with Gasteiger partial charge in [-0.25, -0.2) is 5.01 Å². The maximum Gasteiger partial charge on any atom is 0.325 e. The fraction of sp³-hybridized carbons (Fsp3) is 0.375. The highest BCUT2D eigenvalue weighted by Gasteiger charge is 2.31. The van der Waals surface area contributed by atoms with Crippen molar-refractivity contribution in [1.29, 1.82) is 0 Å². The molecule has 186 valence electrons. The largest absolute Gasteiger partial charge is 0.369 e. The smallest absolute Gasteiger partial charge is 0.325 e. The maximum atomic E-state index is 13.0. The van der Waals surface area contributed by atoms with Crippen molar-refractivity contribution in [3.63, 3.8) is 0 Å². The number of aliphatic imine (C=N–C) groups is 1. The van der Waals surface area contributed by atoms with Crippen LogP contribution < -0.4 is 5.73 Å². The molecule has 0 aliphatic carbocycles. The first-order valence-electron chi connectivity index (χ1n) is 11.5. The van der Waals surface area contributed by atoms with Gasteiger partial charge in [0.15, 0.2) is 5.96 Å². The lowest BCUT2D eigenvalue weighted by Crippen LogP contribution is -2.39. The molecule has 0 aromatic heterocycles. The lowest BCUT2D eigenvalue weighted by molar-refractivity contribution is 0.398. The van der Waals surface area contributed by atoms with Crippen molar-refractivity contribution in [3.05, 3.63) is 70.7 Å². The molecule has 1 unspecified atom stereocenters. The molecule has 4 rings (SSSR count). The summed E-state index contributed by atoms with van der Waals surface area (Å²) in [7, 11) is -0.458. The van der Waals surface area contributed by atoms with Gasteiger partial charge in [-0.1, -0.05) is 54.1 Å². The zero-order chi connectivity index (χ0) is 25.0. The first-order chi connectivity index (χ1) is 16.7. The Labute approximate surface area is 211 Å². The molecule has 11 heteroatoms. The van der Waals surface area contributed by atoms with E-state index in [4.69, 9.17) is 22.4 Å². The number of nitrogens with zero attached hydrogens (tertiary/aromatic N) is 6. The monoisotopic (exact) mass is 515 g/mol. The summed E-state index contributed by atoms with van der Waals surface area (Å²) in [6.45, 7) is 1.32. The van der Waals surface area contributed by atoms with Crippen molar-refractivity contribution >= 4 is 39.4 Å². The minimum atomic E-state index is -3.92. The zero-order valence-electron chi connectivity index (χ0n) is 19.9.